The number of amides is 1. The molecule has 0 aromatic carbocycles. The van der Waals surface area contributed by atoms with Gasteiger partial charge in [-0.2, -0.15) is 0 Å². The summed E-state index contributed by atoms with van der Waals surface area (Å²) in [5, 5.41) is 3.53. The largest absolute Gasteiger partial charge is 0.376 e. The molecule has 3 rings (SSSR count). The third-order valence-electron chi connectivity index (χ3n) is 4.52. The van der Waals surface area contributed by atoms with Crippen LogP contribution in [0.15, 0.2) is 14.6 Å². The molecule has 146 valence electrons. The number of nitrogens with one attached hydrogen (secondary N) is 1. The van der Waals surface area contributed by atoms with E-state index < -0.39 is 11.2 Å². The van der Waals surface area contributed by atoms with Gasteiger partial charge in [0.25, 0.3) is 5.56 Å². The number of hydrogen-bond donors (Lipinski definition) is 1. The molecule has 1 N–H and O–H groups in total. The number of rotatable bonds is 6. The van der Waals surface area contributed by atoms with Gasteiger partial charge in [-0.1, -0.05) is 18.7 Å². The van der Waals surface area contributed by atoms with Gasteiger partial charge in [0.05, 0.1) is 11.9 Å². The van der Waals surface area contributed by atoms with Gasteiger partial charge in [0.2, 0.25) is 5.91 Å². The smallest absolute Gasteiger partial charge is 0.332 e. The van der Waals surface area contributed by atoms with Crippen LogP contribution in [-0.2, 0) is 30.0 Å². The lowest BCUT2D eigenvalue weighted by Gasteiger charge is -2.12. The second-order valence-corrected chi connectivity index (χ2v) is 7.39. The Labute approximate surface area is 160 Å². The fraction of sp³-hybridized carbons (Fsp3) is 0.588. The summed E-state index contributed by atoms with van der Waals surface area (Å²) in [4.78, 5) is 45.7. The topological polar surface area (TPSA) is 108 Å². The van der Waals surface area contributed by atoms with Crippen LogP contribution in [0.25, 0.3) is 11.0 Å². The maximum Gasteiger partial charge on any atom is 0.332 e. The highest BCUT2D eigenvalue weighted by Gasteiger charge is 2.19. The van der Waals surface area contributed by atoms with Crippen molar-refractivity contribution >= 4 is 28.7 Å². The molecule has 2 aromatic rings. The maximum absolute atomic E-state index is 12.6. The van der Waals surface area contributed by atoms with Crippen molar-refractivity contribution in [3.63, 3.8) is 0 Å². The van der Waals surface area contributed by atoms with Crippen LogP contribution in [0.4, 0.5) is 0 Å². The monoisotopic (exact) mass is 393 g/mol. The predicted octanol–water partition coefficient (Wildman–Crippen LogP) is -0.0231. The number of nitrogens with zero attached hydrogens (tertiary/aromatic N) is 4. The fourth-order valence-electron chi connectivity index (χ4n) is 2.95. The molecule has 0 saturated carbocycles. The molecule has 0 unspecified atom stereocenters. The highest BCUT2D eigenvalue weighted by atomic mass is 32.2. The second kappa shape index (κ2) is 8.22. The normalized spacial score (nSPS) is 16.8. The van der Waals surface area contributed by atoms with E-state index in [-0.39, 0.29) is 28.8 Å². The molecule has 1 saturated heterocycles. The standard InChI is InChI=1S/C17H23N5O4S/c1-4-11-19-14-13(16(24)22(3)17(25)21(14)2)15(20-11)27-9-12(23)18-8-10-6-5-7-26-10/h10H,4-9H2,1-3H3,(H,18,23)/t10-/m0/s1. The zero-order valence-corrected chi connectivity index (χ0v) is 16.5. The van der Waals surface area contributed by atoms with Crippen molar-refractivity contribution in [3.8, 4) is 0 Å². The SMILES string of the molecule is CCc1nc(SCC(=O)NC[C@@H]2CCCO2)c2c(=O)n(C)c(=O)n(C)c2n1. The summed E-state index contributed by atoms with van der Waals surface area (Å²) < 4.78 is 7.85. The third kappa shape index (κ3) is 4.06. The van der Waals surface area contributed by atoms with E-state index in [1.165, 1.54) is 23.4 Å². The van der Waals surface area contributed by atoms with Crippen LogP contribution >= 0.6 is 11.8 Å². The summed E-state index contributed by atoms with van der Waals surface area (Å²) in [5.74, 6) is 0.489. The minimum Gasteiger partial charge on any atom is -0.376 e. The highest BCUT2D eigenvalue weighted by Crippen LogP contribution is 2.22. The van der Waals surface area contributed by atoms with E-state index in [1.807, 2.05) is 6.92 Å². The lowest BCUT2D eigenvalue weighted by molar-refractivity contribution is -0.119. The highest BCUT2D eigenvalue weighted by molar-refractivity contribution is 8.00. The minimum atomic E-state index is -0.460. The molecule has 3 heterocycles. The van der Waals surface area contributed by atoms with Gasteiger partial charge in [-0.15, -0.1) is 0 Å². The van der Waals surface area contributed by atoms with Gasteiger partial charge in [0, 0.05) is 33.7 Å². The van der Waals surface area contributed by atoms with Crippen LogP contribution in [0, 0.1) is 0 Å². The van der Waals surface area contributed by atoms with Gasteiger partial charge >= 0.3 is 5.69 Å². The molecule has 1 aliphatic rings. The average molecular weight is 393 g/mol. The summed E-state index contributed by atoms with van der Waals surface area (Å²) in [7, 11) is 2.99. The Morgan fingerprint density at radius 3 is 2.74 bits per heavy atom. The van der Waals surface area contributed by atoms with Crippen molar-refractivity contribution in [2.24, 2.45) is 14.1 Å². The minimum absolute atomic E-state index is 0.0762. The Bertz CT molecular complexity index is 978. The molecule has 0 radical (unpaired) electrons. The summed E-state index contributed by atoms with van der Waals surface area (Å²) in [5.41, 5.74) is -0.617. The van der Waals surface area contributed by atoms with Crippen molar-refractivity contribution < 1.29 is 9.53 Å². The summed E-state index contributed by atoms with van der Waals surface area (Å²) >= 11 is 1.17. The van der Waals surface area contributed by atoms with Crippen LogP contribution < -0.4 is 16.6 Å². The first-order valence-corrected chi connectivity index (χ1v) is 9.88. The molecule has 0 bridgehead atoms. The Morgan fingerprint density at radius 1 is 1.30 bits per heavy atom. The second-order valence-electron chi connectivity index (χ2n) is 6.43. The van der Waals surface area contributed by atoms with E-state index >= 15 is 0 Å². The number of thioether (sulfide) groups is 1. The molecule has 1 fully saturated rings. The van der Waals surface area contributed by atoms with E-state index in [0.717, 1.165) is 24.0 Å². The van der Waals surface area contributed by atoms with E-state index in [4.69, 9.17) is 4.74 Å². The Balaban J connectivity index is 1.85. The molecule has 1 amide bonds. The molecule has 27 heavy (non-hydrogen) atoms. The number of aryl methyl sites for hydroxylation is 2. The third-order valence-corrected chi connectivity index (χ3v) is 5.50. The average Bonchev–Trinajstić information content (AvgIpc) is 3.20. The molecule has 0 spiro atoms. The van der Waals surface area contributed by atoms with Gasteiger partial charge < -0.3 is 10.1 Å². The lowest BCUT2D eigenvalue weighted by atomic mass is 10.2. The van der Waals surface area contributed by atoms with Crippen LogP contribution in [-0.4, -0.2) is 50.0 Å². The number of carbonyl (C=O) groups is 1. The zero-order valence-electron chi connectivity index (χ0n) is 15.7. The van der Waals surface area contributed by atoms with Crippen LogP contribution in [0.5, 0.6) is 0 Å². The van der Waals surface area contributed by atoms with E-state index in [9.17, 15) is 14.4 Å². The first-order valence-electron chi connectivity index (χ1n) is 8.90. The lowest BCUT2D eigenvalue weighted by Crippen LogP contribution is -2.38. The van der Waals surface area contributed by atoms with Crippen molar-refractivity contribution in [1.29, 1.82) is 0 Å². The van der Waals surface area contributed by atoms with Crippen LogP contribution in [0.1, 0.15) is 25.6 Å². The summed E-state index contributed by atoms with van der Waals surface area (Å²) in [6.07, 6.45) is 2.60. The summed E-state index contributed by atoms with van der Waals surface area (Å²) in [6, 6.07) is 0. The van der Waals surface area contributed by atoms with Gasteiger partial charge in [-0.05, 0) is 12.8 Å². The number of carbonyl (C=O) groups excluding carboxylic acids is 1. The first-order chi connectivity index (χ1) is 12.9. The van der Waals surface area contributed by atoms with Crippen molar-refractivity contribution in [1.82, 2.24) is 24.4 Å². The quantitative estimate of drug-likeness (QED) is 0.543. The van der Waals surface area contributed by atoms with Gasteiger partial charge in [-0.25, -0.2) is 14.8 Å². The predicted molar refractivity (Wildman–Crippen MR) is 102 cm³/mol. The Morgan fingerprint density at radius 2 is 2.07 bits per heavy atom. The number of fused-ring (bicyclic) bond motifs is 1. The Hall–Kier alpha value is -2.20. The van der Waals surface area contributed by atoms with Gasteiger partial charge in [0.15, 0.2) is 5.65 Å². The number of hydrogen-bond acceptors (Lipinski definition) is 7. The molecule has 0 aliphatic carbocycles. The van der Waals surface area contributed by atoms with E-state index in [2.05, 4.69) is 15.3 Å². The van der Waals surface area contributed by atoms with Crippen LogP contribution in [0.3, 0.4) is 0 Å². The van der Waals surface area contributed by atoms with Crippen molar-refractivity contribution in [3.05, 3.63) is 26.7 Å². The van der Waals surface area contributed by atoms with Gasteiger partial charge in [0.1, 0.15) is 16.2 Å². The molecule has 1 aliphatic heterocycles. The van der Waals surface area contributed by atoms with E-state index in [0.29, 0.717) is 23.8 Å². The number of aromatic nitrogens is 4. The summed E-state index contributed by atoms with van der Waals surface area (Å²) in [6.45, 7) is 3.12. The van der Waals surface area contributed by atoms with Crippen molar-refractivity contribution in [2.75, 3.05) is 18.9 Å². The van der Waals surface area contributed by atoms with E-state index in [1.54, 1.807) is 7.05 Å². The maximum atomic E-state index is 12.6. The van der Waals surface area contributed by atoms with Crippen molar-refractivity contribution in [2.45, 2.75) is 37.3 Å². The molecular weight excluding hydrogens is 370 g/mol. The Kier molecular flexibility index (Phi) is 5.95. The van der Waals surface area contributed by atoms with Crippen LogP contribution in [0.2, 0.25) is 0 Å². The molecular formula is C17H23N5O4S. The molecule has 10 heteroatoms. The number of ether oxygens (including phenoxy) is 1. The van der Waals surface area contributed by atoms with Gasteiger partial charge in [-0.3, -0.25) is 18.7 Å². The molecule has 2 aromatic heterocycles. The zero-order chi connectivity index (χ0) is 19.6. The molecule has 9 nitrogen and oxygen atoms in total. The molecule has 1 atom stereocenters. The fourth-order valence-corrected chi connectivity index (χ4v) is 3.82. The first kappa shape index (κ1) is 19.6.